The van der Waals surface area contributed by atoms with Gasteiger partial charge in [0.2, 0.25) is 0 Å². The molecule has 1 saturated carbocycles. The lowest BCUT2D eigenvalue weighted by Gasteiger charge is -2.37. The molecule has 0 radical (unpaired) electrons. The van der Waals surface area contributed by atoms with Gasteiger partial charge >= 0.3 is 0 Å². The SMILES string of the molecule is NC1CNCCN1C(N)C1CC1. The standard InChI is InChI=1S/C8H18N4/c9-7-5-11-3-4-12(7)8(10)6-1-2-6/h6-8,11H,1-5,9-10H2. The van der Waals surface area contributed by atoms with Gasteiger partial charge in [0.1, 0.15) is 0 Å². The molecule has 0 aromatic carbocycles. The molecule has 0 bridgehead atoms. The fourth-order valence-corrected chi connectivity index (χ4v) is 1.82. The van der Waals surface area contributed by atoms with Crippen LogP contribution in [0.3, 0.4) is 0 Å². The number of nitrogens with zero attached hydrogens (tertiary/aromatic N) is 1. The summed E-state index contributed by atoms with van der Waals surface area (Å²) in [6.07, 6.45) is 2.91. The van der Waals surface area contributed by atoms with Gasteiger partial charge in [0.15, 0.2) is 0 Å². The lowest BCUT2D eigenvalue weighted by Crippen LogP contribution is -2.61. The average molecular weight is 170 g/mol. The molecule has 2 unspecified atom stereocenters. The molecule has 4 nitrogen and oxygen atoms in total. The fraction of sp³-hybridized carbons (Fsp3) is 1.00. The van der Waals surface area contributed by atoms with Gasteiger partial charge < -0.3 is 16.8 Å². The monoisotopic (exact) mass is 170 g/mol. The van der Waals surface area contributed by atoms with Gasteiger partial charge in [0, 0.05) is 19.6 Å². The van der Waals surface area contributed by atoms with E-state index in [4.69, 9.17) is 11.5 Å². The van der Waals surface area contributed by atoms with Gasteiger partial charge in [-0.3, -0.25) is 4.90 Å². The number of hydrogen-bond acceptors (Lipinski definition) is 4. The van der Waals surface area contributed by atoms with Crippen LogP contribution in [0.1, 0.15) is 12.8 Å². The Kier molecular flexibility index (Phi) is 2.32. The van der Waals surface area contributed by atoms with Crippen LogP contribution in [0.5, 0.6) is 0 Å². The van der Waals surface area contributed by atoms with E-state index < -0.39 is 0 Å². The summed E-state index contributed by atoms with van der Waals surface area (Å²) in [4.78, 5) is 2.23. The van der Waals surface area contributed by atoms with Gasteiger partial charge in [-0.2, -0.15) is 0 Å². The minimum atomic E-state index is 0.120. The maximum absolute atomic E-state index is 6.06. The van der Waals surface area contributed by atoms with Gasteiger partial charge in [-0.1, -0.05) is 0 Å². The Balaban J connectivity index is 1.90. The highest BCUT2D eigenvalue weighted by Crippen LogP contribution is 2.33. The van der Waals surface area contributed by atoms with E-state index in [0.29, 0.717) is 5.92 Å². The zero-order chi connectivity index (χ0) is 8.55. The lowest BCUT2D eigenvalue weighted by molar-refractivity contribution is 0.0993. The summed E-state index contributed by atoms with van der Waals surface area (Å²) in [5, 5.41) is 3.26. The van der Waals surface area contributed by atoms with Crippen molar-refractivity contribution in [1.29, 1.82) is 0 Å². The second kappa shape index (κ2) is 3.30. The van der Waals surface area contributed by atoms with Crippen molar-refractivity contribution in [2.45, 2.75) is 25.2 Å². The van der Waals surface area contributed by atoms with E-state index in [0.717, 1.165) is 19.6 Å². The van der Waals surface area contributed by atoms with Crippen molar-refractivity contribution in [3.8, 4) is 0 Å². The second-order valence-electron chi connectivity index (χ2n) is 3.84. The van der Waals surface area contributed by atoms with Crippen LogP contribution < -0.4 is 16.8 Å². The molecule has 0 spiro atoms. The molecule has 2 aliphatic rings. The first-order valence-electron chi connectivity index (χ1n) is 4.76. The summed E-state index contributed by atoms with van der Waals surface area (Å²) in [5.41, 5.74) is 12.0. The lowest BCUT2D eigenvalue weighted by atomic mass is 10.2. The summed E-state index contributed by atoms with van der Waals surface area (Å²) in [6.45, 7) is 2.90. The predicted octanol–water partition coefficient (Wildman–Crippen LogP) is -1.13. The van der Waals surface area contributed by atoms with E-state index in [-0.39, 0.29) is 12.3 Å². The molecule has 0 aromatic rings. The third kappa shape index (κ3) is 1.61. The molecule has 2 rings (SSSR count). The topological polar surface area (TPSA) is 67.3 Å². The van der Waals surface area contributed by atoms with Crippen LogP contribution in [-0.2, 0) is 0 Å². The van der Waals surface area contributed by atoms with Gasteiger partial charge in [-0.25, -0.2) is 0 Å². The molecule has 2 atom stereocenters. The van der Waals surface area contributed by atoms with Gasteiger partial charge in [-0.15, -0.1) is 0 Å². The molecule has 5 N–H and O–H groups in total. The Hall–Kier alpha value is -0.160. The number of nitrogens with two attached hydrogens (primary N) is 2. The van der Waals surface area contributed by atoms with Crippen LogP contribution >= 0.6 is 0 Å². The molecular weight excluding hydrogens is 152 g/mol. The predicted molar refractivity (Wildman–Crippen MR) is 48.3 cm³/mol. The van der Waals surface area contributed by atoms with Crippen LogP contribution in [0.15, 0.2) is 0 Å². The maximum atomic E-state index is 6.06. The minimum absolute atomic E-state index is 0.120. The van der Waals surface area contributed by atoms with E-state index >= 15 is 0 Å². The summed E-state index contributed by atoms with van der Waals surface area (Å²) in [7, 11) is 0. The van der Waals surface area contributed by atoms with Crippen LogP contribution in [0.2, 0.25) is 0 Å². The Morgan fingerprint density at radius 1 is 1.42 bits per heavy atom. The maximum Gasteiger partial charge on any atom is 0.0713 e. The number of rotatable bonds is 2. The smallest absolute Gasteiger partial charge is 0.0713 e. The van der Waals surface area contributed by atoms with E-state index in [1.165, 1.54) is 12.8 Å². The fourth-order valence-electron chi connectivity index (χ4n) is 1.82. The van der Waals surface area contributed by atoms with Crippen molar-refractivity contribution in [2.75, 3.05) is 19.6 Å². The third-order valence-electron chi connectivity index (χ3n) is 2.81. The van der Waals surface area contributed by atoms with E-state index in [1.54, 1.807) is 0 Å². The molecule has 4 heteroatoms. The average Bonchev–Trinajstić information content (AvgIpc) is 2.86. The molecule has 2 fully saturated rings. The van der Waals surface area contributed by atoms with Crippen LogP contribution in [0.4, 0.5) is 0 Å². The number of nitrogens with one attached hydrogen (secondary N) is 1. The zero-order valence-electron chi connectivity index (χ0n) is 7.37. The molecule has 0 amide bonds. The van der Waals surface area contributed by atoms with Gasteiger partial charge in [0.05, 0.1) is 12.3 Å². The van der Waals surface area contributed by atoms with Crippen molar-refractivity contribution in [2.24, 2.45) is 17.4 Å². The number of hydrogen-bond donors (Lipinski definition) is 3. The second-order valence-corrected chi connectivity index (χ2v) is 3.84. The normalized spacial score (nSPS) is 35.0. The van der Waals surface area contributed by atoms with E-state index in [1.807, 2.05) is 0 Å². The van der Waals surface area contributed by atoms with Gasteiger partial charge in [0.25, 0.3) is 0 Å². The number of piperazine rings is 1. The molecule has 1 saturated heterocycles. The largest absolute Gasteiger partial charge is 0.315 e. The zero-order valence-corrected chi connectivity index (χ0v) is 7.37. The Morgan fingerprint density at radius 3 is 2.75 bits per heavy atom. The quantitative estimate of drug-likeness (QED) is 0.490. The first-order chi connectivity index (χ1) is 5.79. The Morgan fingerprint density at radius 2 is 2.17 bits per heavy atom. The molecule has 1 aliphatic carbocycles. The molecular formula is C8H18N4. The van der Waals surface area contributed by atoms with E-state index in [9.17, 15) is 0 Å². The Bertz CT molecular complexity index is 157. The summed E-state index contributed by atoms with van der Waals surface area (Å²) in [5.74, 6) is 0.717. The highest BCUT2D eigenvalue weighted by Gasteiger charge is 2.35. The highest BCUT2D eigenvalue weighted by molar-refractivity contribution is 4.88. The van der Waals surface area contributed by atoms with Crippen LogP contribution in [0.25, 0.3) is 0 Å². The van der Waals surface area contributed by atoms with E-state index in [2.05, 4.69) is 10.2 Å². The third-order valence-corrected chi connectivity index (χ3v) is 2.81. The molecule has 1 heterocycles. The summed E-state index contributed by atoms with van der Waals surface area (Å²) in [6, 6.07) is 0. The minimum Gasteiger partial charge on any atom is -0.315 e. The van der Waals surface area contributed by atoms with Crippen LogP contribution in [-0.4, -0.2) is 36.9 Å². The molecule has 1 aliphatic heterocycles. The van der Waals surface area contributed by atoms with Crippen molar-refractivity contribution >= 4 is 0 Å². The van der Waals surface area contributed by atoms with Gasteiger partial charge in [-0.05, 0) is 18.8 Å². The molecule has 12 heavy (non-hydrogen) atoms. The van der Waals surface area contributed by atoms with Crippen molar-refractivity contribution < 1.29 is 0 Å². The first-order valence-corrected chi connectivity index (χ1v) is 4.76. The molecule has 70 valence electrons. The molecule has 0 aromatic heterocycles. The highest BCUT2D eigenvalue weighted by atomic mass is 15.3. The first kappa shape index (κ1) is 8.44. The summed E-state index contributed by atoms with van der Waals surface area (Å²) >= 11 is 0. The van der Waals surface area contributed by atoms with Crippen molar-refractivity contribution in [3.63, 3.8) is 0 Å². The summed E-state index contributed by atoms with van der Waals surface area (Å²) < 4.78 is 0. The van der Waals surface area contributed by atoms with Crippen molar-refractivity contribution in [1.82, 2.24) is 10.2 Å². The van der Waals surface area contributed by atoms with Crippen molar-refractivity contribution in [3.05, 3.63) is 0 Å². The Labute approximate surface area is 73.3 Å². The van der Waals surface area contributed by atoms with Crippen LogP contribution in [0, 0.1) is 5.92 Å².